The normalized spacial score (nSPS) is 17.7. The molecule has 0 aliphatic carbocycles. The van der Waals surface area contributed by atoms with Gasteiger partial charge in [0.05, 0.1) is 0 Å². The molecule has 1 unspecified atom stereocenters. The highest BCUT2D eigenvalue weighted by atomic mass is 32.2. The lowest BCUT2D eigenvalue weighted by molar-refractivity contribution is -0.201. The van der Waals surface area contributed by atoms with Crippen molar-refractivity contribution in [2.45, 2.75) is 56.6 Å². The van der Waals surface area contributed by atoms with Gasteiger partial charge in [0.25, 0.3) is 11.5 Å². The standard InChI is InChI=1S/C28H34N2O7S/c1-28(38(2,34)35,27(33)29-37-25-5-3-4-18-36-25)14-16-30-15-12-23-19-22(10-11-24(23)26(30)32)21-8-6-20(7-9-21)13-17-31/h6-12,15,19,25,31H,3-5,13-14,16-18H2,1-2H3,(H,29,33)/t25?,28-/m1/s1. The lowest BCUT2D eigenvalue weighted by Gasteiger charge is -2.28. The second-order valence-corrected chi connectivity index (χ2v) is 12.3. The van der Waals surface area contributed by atoms with Crippen molar-refractivity contribution < 1.29 is 27.9 Å². The van der Waals surface area contributed by atoms with Crippen LogP contribution in [0.15, 0.2) is 59.5 Å². The van der Waals surface area contributed by atoms with Crippen LogP contribution in [0, 0.1) is 0 Å². The van der Waals surface area contributed by atoms with Gasteiger partial charge in [-0.25, -0.2) is 18.7 Å². The number of nitrogens with zero attached hydrogens (tertiary/aromatic N) is 1. The summed E-state index contributed by atoms with van der Waals surface area (Å²) < 4.78 is 30.3. The summed E-state index contributed by atoms with van der Waals surface area (Å²) in [5, 5.41) is 10.4. The molecular weight excluding hydrogens is 508 g/mol. The number of carbonyl (C=O) groups excluding carboxylic acids is 1. The zero-order valence-corrected chi connectivity index (χ0v) is 22.5. The molecule has 0 spiro atoms. The summed E-state index contributed by atoms with van der Waals surface area (Å²) in [6, 6.07) is 15.3. The van der Waals surface area contributed by atoms with Crippen LogP contribution in [0.2, 0.25) is 0 Å². The van der Waals surface area contributed by atoms with Gasteiger partial charge in [0.15, 0.2) is 20.9 Å². The van der Waals surface area contributed by atoms with Crippen LogP contribution in [0.25, 0.3) is 21.9 Å². The van der Waals surface area contributed by atoms with Crippen molar-refractivity contribution in [3.05, 3.63) is 70.6 Å². The minimum atomic E-state index is -3.85. The van der Waals surface area contributed by atoms with Gasteiger partial charge < -0.3 is 14.4 Å². The highest BCUT2D eigenvalue weighted by molar-refractivity contribution is 7.92. The summed E-state index contributed by atoms with van der Waals surface area (Å²) in [5.74, 6) is -0.794. The number of aliphatic hydroxyl groups excluding tert-OH is 1. The number of ether oxygens (including phenoxy) is 1. The molecule has 204 valence electrons. The summed E-state index contributed by atoms with van der Waals surface area (Å²) in [4.78, 5) is 31.5. The Labute approximate surface area is 222 Å². The van der Waals surface area contributed by atoms with E-state index in [4.69, 9.17) is 14.7 Å². The first-order valence-corrected chi connectivity index (χ1v) is 14.6. The highest BCUT2D eigenvalue weighted by Crippen LogP contribution is 2.25. The molecule has 4 rings (SSSR count). The Bertz CT molecular complexity index is 1440. The number of nitrogens with one attached hydrogen (secondary N) is 1. The van der Waals surface area contributed by atoms with Crippen LogP contribution in [-0.2, 0) is 37.2 Å². The number of carbonyl (C=O) groups is 1. The SMILES string of the molecule is C[C@@](CCn1ccc2cc(-c3ccc(CCO)cc3)ccc2c1=O)(C(=O)NOC1CCCCO1)S(C)(=O)=O. The first-order valence-electron chi connectivity index (χ1n) is 12.7. The van der Waals surface area contributed by atoms with Crippen LogP contribution < -0.4 is 11.0 Å². The van der Waals surface area contributed by atoms with E-state index in [9.17, 15) is 18.0 Å². The summed E-state index contributed by atoms with van der Waals surface area (Å²) in [6.07, 6.45) is 4.91. The number of benzene rings is 2. The topological polar surface area (TPSA) is 124 Å². The molecule has 9 nitrogen and oxygen atoms in total. The monoisotopic (exact) mass is 542 g/mol. The Morgan fingerprint density at radius 1 is 1.16 bits per heavy atom. The zero-order chi connectivity index (χ0) is 27.3. The van der Waals surface area contributed by atoms with E-state index in [2.05, 4.69) is 5.48 Å². The first kappa shape index (κ1) is 28.0. The molecule has 10 heteroatoms. The molecule has 1 aliphatic heterocycles. The molecule has 2 atom stereocenters. The second kappa shape index (κ2) is 11.8. The van der Waals surface area contributed by atoms with Crippen molar-refractivity contribution in [2.75, 3.05) is 19.5 Å². The van der Waals surface area contributed by atoms with Gasteiger partial charge in [-0.2, -0.15) is 0 Å². The summed E-state index contributed by atoms with van der Waals surface area (Å²) in [5.41, 5.74) is 4.99. The molecule has 3 aromatic rings. The lowest BCUT2D eigenvalue weighted by atomic mass is 10.0. The minimum Gasteiger partial charge on any atom is -0.396 e. The minimum absolute atomic E-state index is 0.0275. The van der Waals surface area contributed by atoms with E-state index in [1.807, 2.05) is 42.5 Å². The van der Waals surface area contributed by atoms with Crippen molar-refractivity contribution in [3.63, 3.8) is 0 Å². The second-order valence-electron chi connectivity index (χ2n) is 9.89. The molecule has 1 amide bonds. The third-order valence-electron chi connectivity index (χ3n) is 7.21. The molecule has 2 N–H and O–H groups in total. The van der Waals surface area contributed by atoms with Gasteiger partial charge in [0.2, 0.25) is 0 Å². The first-order chi connectivity index (χ1) is 18.1. The fraction of sp³-hybridized carbons (Fsp3) is 0.429. The molecule has 38 heavy (non-hydrogen) atoms. The molecule has 0 bridgehead atoms. The van der Waals surface area contributed by atoms with Crippen LogP contribution in [0.3, 0.4) is 0 Å². The molecular formula is C28H34N2O7S. The number of pyridine rings is 1. The third-order valence-corrected chi connectivity index (χ3v) is 9.24. The van der Waals surface area contributed by atoms with Crippen molar-refractivity contribution in [1.29, 1.82) is 0 Å². The van der Waals surface area contributed by atoms with E-state index in [1.165, 1.54) is 11.5 Å². The number of rotatable bonds is 10. The molecule has 0 radical (unpaired) electrons. The third kappa shape index (κ3) is 6.15. The zero-order valence-electron chi connectivity index (χ0n) is 21.7. The maximum absolute atomic E-state index is 13.2. The number of aromatic nitrogens is 1. The quantitative estimate of drug-likeness (QED) is 0.378. The number of fused-ring (bicyclic) bond motifs is 1. The average Bonchev–Trinajstić information content (AvgIpc) is 2.91. The molecule has 0 saturated carbocycles. The summed E-state index contributed by atoms with van der Waals surface area (Å²) in [6.45, 7) is 1.98. The average molecular weight is 543 g/mol. The Kier molecular flexibility index (Phi) is 8.67. The maximum Gasteiger partial charge on any atom is 0.264 e. The molecule has 2 heterocycles. The van der Waals surface area contributed by atoms with Crippen LogP contribution in [0.4, 0.5) is 0 Å². The molecule has 1 aliphatic rings. The van der Waals surface area contributed by atoms with Gasteiger partial charge in [0.1, 0.15) is 0 Å². The fourth-order valence-corrected chi connectivity index (χ4v) is 5.31. The number of aryl methyl sites for hydroxylation is 1. The van der Waals surface area contributed by atoms with Crippen LogP contribution >= 0.6 is 0 Å². The van der Waals surface area contributed by atoms with Crippen molar-refractivity contribution in [2.24, 2.45) is 0 Å². The van der Waals surface area contributed by atoms with Crippen molar-refractivity contribution >= 4 is 26.5 Å². The van der Waals surface area contributed by atoms with Gasteiger partial charge in [0, 0.05) is 44.0 Å². The lowest BCUT2D eigenvalue weighted by Crippen LogP contribution is -2.51. The van der Waals surface area contributed by atoms with E-state index in [0.717, 1.165) is 41.2 Å². The predicted octanol–water partition coefficient (Wildman–Crippen LogP) is 2.97. The van der Waals surface area contributed by atoms with E-state index in [1.54, 1.807) is 12.3 Å². The molecule has 1 aromatic heterocycles. The number of aliphatic hydroxyl groups is 1. The molecule has 1 saturated heterocycles. The highest BCUT2D eigenvalue weighted by Gasteiger charge is 2.44. The smallest absolute Gasteiger partial charge is 0.264 e. The van der Waals surface area contributed by atoms with Gasteiger partial charge in [-0.1, -0.05) is 30.3 Å². The Hall–Kier alpha value is -3.05. The van der Waals surface area contributed by atoms with Gasteiger partial charge in [-0.15, -0.1) is 0 Å². The summed E-state index contributed by atoms with van der Waals surface area (Å²) in [7, 11) is -3.85. The predicted molar refractivity (Wildman–Crippen MR) is 145 cm³/mol. The van der Waals surface area contributed by atoms with Gasteiger partial charge in [-0.05, 0) is 72.9 Å². The van der Waals surface area contributed by atoms with Gasteiger partial charge >= 0.3 is 0 Å². The molecule has 2 aromatic carbocycles. The molecule has 1 fully saturated rings. The Balaban J connectivity index is 1.51. The fourth-order valence-electron chi connectivity index (χ4n) is 4.47. The van der Waals surface area contributed by atoms with Crippen molar-refractivity contribution in [3.8, 4) is 11.1 Å². The van der Waals surface area contributed by atoms with Crippen LogP contribution in [0.5, 0.6) is 0 Å². The van der Waals surface area contributed by atoms with E-state index in [-0.39, 0.29) is 25.1 Å². The Morgan fingerprint density at radius 2 is 1.89 bits per heavy atom. The van der Waals surface area contributed by atoms with Crippen LogP contribution in [0.1, 0.15) is 38.2 Å². The van der Waals surface area contributed by atoms with E-state index >= 15 is 0 Å². The van der Waals surface area contributed by atoms with Gasteiger partial charge in [-0.3, -0.25) is 9.59 Å². The number of sulfone groups is 1. The number of hydroxylamine groups is 1. The van der Waals surface area contributed by atoms with Crippen LogP contribution in [-0.4, -0.2) is 54.5 Å². The van der Waals surface area contributed by atoms with Crippen molar-refractivity contribution in [1.82, 2.24) is 10.0 Å². The number of hydrogen-bond donors (Lipinski definition) is 2. The Morgan fingerprint density at radius 3 is 2.55 bits per heavy atom. The van der Waals surface area contributed by atoms with E-state index in [0.29, 0.717) is 24.8 Å². The number of hydrogen-bond acceptors (Lipinski definition) is 7. The number of amides is 1. The summed E-state index contributed by atoms with van der Waals surface area (Å²) >= 11 is 0. The van der Waals surface area contributed by atoms with E-state index < -0.39 is 26.8 Å². The maximum atomic E-state index is 13.2. The largest absolute Gasteiger partial charge is 0.396 e.